The Morgan fingerprint density at radius 3 is 2.62 bits per heavy atom. The van der Waals surface area contributed by atoms with E-state index in [4.69, 9.17) is 11.6 Å². The van der Waals surface area contributed by atoms with Crippen molar-refractivity contribution in [2.45, 2.75) is 25.0 Å². The van der Waals surface area contributed by atoms with Gasteiger partial charge in [0.1, 0.15) is 0 Å². The number of aliphatic hydroxyl groups excluding tert-OH is 1. The Morgan fingerprint density at radius 2 is 1.93 bits per heavy atom. The molecule has 2 heterocycles. The average molecular weight is 435 g/mol. The van der Waals surface area contributed by atoms with Gasteiger partial charge in [-0.1, -0.05) is 23.7 Å². The molecule has 0 aliphatic carbocycles. The van der Waals surface area contributed by atoms with Crippen LogP contribution in [0.25, 0.3) is 10.9 Å². The highest BCUT2D eigenvalue weighted by atomic mass is 35.5. The lowest BCUT2D eigenvalue weighted by molar-refractivity contribution is -0.141. The molecule has 1 aliphatic rings. The molecule has 0 saturated carbocycles. The first kappa shape index (κ1) is 21.4. The van der Waals surface area contributed by atoms with Crippen LogP contribution in [-0.4, -0.2) is 52.3 Å². The van der Waals surface area contributed by atoms with Crippen molar-refractivity contribution in [3.8, 4) is 0 Å². The quantitative estimate of drug-likeness (QED) is 0.654. The van der Waals surface area contributed by atoms with Crippen molar-refractivity contribution in [1.29, 1.82) is 0 Å². The van der Waals surface area contributed by atoms with Gasteiger partial charge in [-0.25, -0.2) is 0 Å². The number of nitrogens with zero attached hydrogens (tertiary/aromatic N) is 3. The number of hydrogen-bond donors (Lipinski definition) is 2. The predicted octanol–water partition coefficient (Wildman–Crippen LogP) is 3.80. The maximum absolute atomic E-state index is 12.7. The highest BCUT2D eigenvalue weighted by molar-refractivity contribution is 6.30. The molecule has 1 amide bonds. The van der Waals surface area contributed by atoms with Gasteiger partial charge in [0.05, 0.1) is 11.7 Å². The summed E-state index contributed by atoms with van der Waals surface area (Å²) >= 11 is 5.88. The minimum absolute atomic E-state index is 0. The van der Waals surface area contributed by atoms with E-state index < -0.39 is 6.10 Å². The monoisotopic (exact) mass is 434 g/mol. The molecular weight excluding hydrogens is 411 g/mol. The zero-order valence-electron chi connectivity index (χ0n) is 16.1. The summed E-state index contributed by atoms with van der Waals surface area (Å²) in [5, 5.41) is 19.1. The zero-order valence-corrected chi connectivity index (χ0v) is 17.7. The summed E-state index contributed by atoms with van der Waals surface area (Å²) in [5.41, 5.74) is 2.73. The van der Waals surface area contributed by atoms with E-state index in [0.29, 0.717) is 29.7 Å². The van der Waals surface area contributed by atoms with Crippen LogP contribution >= 0.6 is 24.0 Å². The Hall–Kier alpha value is -2.28. The van der Waals surface area contributed by atoms with E-state index in [9.17, 15) is 9.90 Å². The standard InChI is InChI=1S/C21H23ClN4O2.ClH/c1-25(18-6-7-19-15(12-18)13-23-24-19)17-8-10-26(11-9-17)21(28)20(27)14-2-4-16(22)5-3-14;/h2-7,12-13,17,20,27H,8-11H2,1H3,(H,23,24);1H. The third-order valence-electron chi connectivity index (χ3n) is 5.57. The number of halogens is 2. The van der Waals surface area contributed by atoms with Crippen molar-refractivity contribution in [3.63, 3.8) is 0 Å². The second kappa shape index (κ2) is 9.03. The van der Waals surface area contributed by atoms with Crippen molar-refractivity contribution < 1.29 is 9.90 Å². The van der Waals surface area contributed by atoms with E-state index in [1.54, 1.807) is 29.2 Å². The van der Waals surface area contributed by atoms with Gasteiger partial charge in [-0.2, -0.15) is 5.10 Å². The third-order valence-corrected chi connectivity index (χ3v) is 5.83. The predicted molar refractivity (Wildman–Crippen MR) is 118 cm³/mol. The SMILES string of the molecule is CN(c1ccc2[nH]ncc2c1)C1CCN(C(=O)C(O)c2ccc(Cl)cc2)CC1.Cl. The van der Waals surface area contributed by atoms with E-state index in [2.05, 4.69) is 34.3 Å². The number of aromatic nitrogens is 2. The Morgan fingerprint density at radius 1 is 1.24 bits per heavy atom. The fraction of sp³-hybridized carbons (Fsp3) is 0.333. The van der Waals surface area contributed by atoms with Crippen LogP contribution in [0.15, 0.2) is 48.7 Å². The fourth-order valence-electron chi connectivity index (χ4n) is 3.79. The molecule has 0 bridgehead atoms. The number of aliphatic hydroxyl groups is 1. The minimum Gasteiger partial charge on any atom is -0.378 e. The van der Waals surface area contributed by atoms with Crippen molar-refractivity contribution in [2.24, 2.45) is 0 Å². The van der Waals surface area contributed by atoms with Gasteiger partial charge in [-0.3, -0.25) is 9.89 Å². The summed E-state index contributed by atoms with van der Waals surface area (Å²) in [6.07, 6.45) is 2.40. The van der Waals surface area contributed by atoms with Gasteiger partial charge in [0.25, 0.3) is 5.91 Å². The normalized spacial score (nSPS) is 15.8. The number of rotatable bonds is 4. The van der Waals surface area contributed by atoms with Gasteiger partial charge in [0.2, 0.25) is 0 Å². The summed E-state index contributed by atoms with van der Waals surface area (Å²) in [6.45, 7) is 1.26. The topological polar surface area (TPSA) is 72.5 Å². The van der Waals surface area contributed by atoms with Gasteiger partial charge in [-0.15, -0.1) is 12.4 Å². The molecule has 4 rings (SSSR count). The van der Waals surface area contributed by atoms with Crippen molar-refractivity contribution in [1.82, 2.24) is 15.1 Å². The van der Waals surface area contributed by atoms with Gasteiger partial charge in [0, 0.05) is 42.3 Å². The Labute approximate surface area is 180 Å². The number of fused-ring (bicyclic) bond motifs is 1. The summed E-state index contributed by atoms with van der Waals surface area (Å²) in [4.78, 5) is 16.7. The van der Waals surface area contributed by atoms with Crippen LogP contribution in [0.2, 0.25) is 5.02 Å². The van der Waals surface area contributed by atoms with Gasteiger partial charge in [-0.05, 0) is 48.7 Å². The second-order valence-corrected chi connectivity index (χ2v) is 7.70. The molecule has 2 N–H and O–H groups in total. The average Bonchev–Trinajstić information content (AvgIpc) is 3.21. The lowest BCUT2D eigenvalue weighted by Crippen LogP contribution is -2.47. The molecular formula is C21H24Cl2N4O2. The number of piperidine rings is 1. The fourth-order valence-corrected chi connectivity index (χ4v) is 3.92. The van der Waals surface area contributed by atoms with E-state index >= 15 is 0 Å². The number of carbonyl (C=O) groups excluding carboxylic acids is 1. The molecule has 1 aliphatic heterocycles. The van der Waals surface area contributed by atoms with Crippen molar-refractivity contribution >= 4 is 46.5 Å². The molecule has 0 radical (unpaired) electrons. The maximum atomic E-state index is 12.7. The lowest BCUT2D eigenvalue weighted by Gasteiger charge is -2.38. The van der Waals surface area contributed by atoms with E-state index in [1.165, 1.54) is 0 Å². The van der Waals surface area contributed by atoms with Crippen LogP contribution < -0.4 is 4.90 Å². The Balaban J connectivity index is 0.00000240. The smallest absolute Gasteiger partial charge is 0.256 e. The lowest BCUT2D eigenvalue weighted by atomic mass is 10.0. The number of H-pyrrole nitrogens is 1. The van der Waals surface area contributed by atoms with Crippen LogP contribution in [-0.2, 0) is 4.79 Å². The van der Waals surface area contributed by atoms with Gasteiger partial charge >= 0.3 is 0 Å². The second-order valence-electron chi connectivity index (χ2n) is 7.26. The molecule has 6 nitrogen and oxygen atoms in total. The molecule has 1 unspecified atom stereocenters. The molecule has 154 valence electrons. The number of aromatic amines is 1. The van der Waals surface area contributed by atoms with Crippen molar-refractivity contribution in [3.05, 3.63) is 59.2 Å². The number of nitrogens with one attached hydrogen (secondary N) is 1. The summed E-state index contributed by atoms with van der Waals surface area (Å²) in [6, 6.07) is 13.4. The van der Waals surface area contributed by atoms with Crippen LogP contribution in [0.5, 0.6) is 0 Å². The van der Waals surface area contributed by atoms with E-state index in [-0.39, 0.29) is 18.3 Å². The summed E-state index contributed by atoms with van der Waals surface area (Å²) < 4.78 is 0. The van der Waals surface area contributed by atoms with E-state index in [0.717, 1.165) is 29.4 Å². The zero-order chi connectivity index (χ0) is 19.7. The number of anilines is 1. The van der Waals surface area contributed by atoms with Gasteiger partial charge < -0.3 is 14.9 Å². The van der Waals surface area contributed by atoms with Crippen LogP contribution in [0.1, 0.15) is 24.5 Å². The van der Waals surface area contributed by atoms with E-state index in [1.807, 2.05) is 12.3 Å². The number of likely N-dealkylation sites (tertiary alicyclic amines) is 1. The van der Waals surface area contributed by atoms with Crippen LogP contribution in [0.3, 0.4) is 0 Å². The largest absolute Gasteiger partial charge is 0.378 e. The molecule has 1 atom stereocenters. The number of carbonyl (C=O) groups is 1. The first-order chi connectivity index (χ1) is 13.5. The molecule has 29 heavy (non-hydrogen) atoms. The van der Waals surface area contributed by atoms with Gasteiger partial charge in [0.15, 0.2) is 6.10 Å². The highest BCUT2D eigenvalue weighted by Gasteiger charge is 2.29. The number of amides is 1. The first-order valence-corrected chi connectivity index (χ1v) is 9.79. The maximum Gasteiger partial charge on any atom is 0.256 e. The first-order valence-electron chi connectivity index (χ1n) is 9.41. The number of hydrogen-bond acceptors (Lipinski definition) is 4. The van der Waals surface area contributed by atoms with Crippen LogP contribution in [0.4, 0.5) is 5.69 Å². The number of benzene rings is 2. The summed E-state index contributed by atoms with van der Waals surface area (Å²) in [7, 11) is 2.09. The third kappa shape index (κ3) is 4.50. The molecule has 8 heteroatoms. The van der Waals surface area contributed by atoms with Crippen molar-refractivity contribution in [2.75, 3.05) is 25.0 Å². The molecule has 3 aromatic rings. The molecule has 2 aromatic carbocycles. The van der Waals surface area contributed by atoms with Crippen LogP contribution in [0, 0.1) is 0 Å². The molecule has 1 aromatic heterocycles. The highest BCUT2D eigenvalue weighted by Crippen LogP contribution is 2.26. The summed E-state index contributed by atoms with van der Waals surface area (Å²) in [5.74, 6) is -0.247. The molecule has 0 spiro atoms. The molecule has 1 fully saturated rings. The minimum atomic E-state index is -1.14. The Bertz CT molecular complexity index is 968. The Kier molecular flexibility index (Phi) is 6.67. The molecule has 1 saturated heterocycles.